The fraction of sp³-hybridized carbons (Fsp3) is 0.391. The summed E-state index contributed by atoms with van der Waals surface area (Å²) in [6.45, 7) is 7.64. The normalized spacial score (nSPS) is 15.9. The lowest BCUT2D eigenvalue weighted by molar-refractivity contribution is 0.225. The second kappa shape index (κ2) is 8.44. The number of ether oxygens (including phenoxy) is 1. The number of nitrogen functional groups attached to an aromatic ring is 1. The molecule has 1 aliphatic heterocycles. The summed E-state index contributed by atoms with van der Waals surface area (Å²) in [5.74, 6) is 0.553. The average Bonchev–Trinajstić information content (AvgIpc) is 3.24. The number of aryl methyl sites for hydroxylation is 1. The molecule has 0 radical (unpaired) electrons. The number of benzene rings is 1. The monoisotopic (exact) mass is 409 g/mol. The Morgan fingerprint density at radius 1 is 1.20 bits per heavy atom. The lowest BCUT2D eigenvalue weighted by Gasteiger charge is -2.22. The van der Waals surface area contributed by atoms with Crippen LogP contribution in [0.2, 0.25) is 0 Å². The van der Waals surface area contributed by atoms with Gasteiger partial charge in [0.15, 0.2) is 11.6 Å². The highest BCUT2D eigenvalue weighted by Gasteiger charge is 2.19. The molecule has 0 bridgehead atoms. The fourth-order valence-electron chi connectivity index (χ4n) is 4.18. The van der Waals surface area contributed by atoms with Gasteiger partial charge < -0.3 is 15.8 Å². The molecule has 2 aromatic heterocycles. The molecular weight excluding hydrogens is 381 g/mol. The molecule has 4 rings (SSSR count). The molecule has 1 saturated heterocycles. The fourth-order valence-corrected chi connectivity index (χ4v) is 4.18. The third-order valence-electron chi connectivity index (χ3n) is 5.88. The number of aromatic nitrogens is 3. The van der Waals surface area contributed by atoms with E-state index in [0.717, 1.165) is 48.2 Å². The van der Waals surface area contributed by atoms with E-state index < -0.39 is 0 Å². The molecule has 0 aliphatic carbocycles. The molecule has 0 amide bonds. The molecule has 1 aliphatic rings. The van der Waals surface area contributed by atoms with E-state index in [4.69, 9.17) is 10.5 Å². The number of nitrogens with one attached hydrogen (secondary N) is 1. The first-order chi connectivity index (χ1) is 14.4. The van der Waals surface area contributed by atoms with Crippen molar-refractivity contribution in [1.82, 2.24) is 20.1 Å². The van der Waals surface area contributed by atoms with Crippen molar-refractivity contribution < 1.29 is 9.13 Å². The third kappa shape index (κ3) is 4.03. The van der Waals surface area contributed by atoms with E-state index in [-0.39, 0.29) is 11.9 Å². The second-order valence-electron chi connectivity index (χ2n) is 7.96. The first-order valence-electron chi connectivity index (χ1n) is 10.4. The van der Waals surface area contributed by atoms with Gasteiger partial charge in [-0.3, -0.25) is 4.68 Å². The minimum Gasteiger partial charge on any atom is -0.482 e. The van der Waals surface area contributed by atoms with Gasteiger partial charge in [-0.1, -0.05) is 6.07 Å². The van der Waals surface area contributed by atoms with Gasteiger partial charge in [0.05, 0.1) is 12.2 Å². The molecule has 0 spiro atoms. The van der Waals surface area contributed by atoms with E-state index in [9.17, 15) is 4.39 Å². The van der Waals surface area contributed by atoms with Crippen LogP contribution >= 0.6 is 0 Å². The summed E-state index contributed by atoms with van der Waals surface area (Å²) in [4.78, 5) is 4.32. The summed E-state index contributed by atoms with van der Waals surface area (Å²) in [5, 5.41) is 7.93. The van der Waals surface area contributed by atoms with E-state index in [1.54, 1.807) is 19.2 Å². The number of halogens is 1. The molecule has 30 heavy (non-hydrogen) atoms. The van der Waals surface area contributed by atoms with Crippen LogP contribution in [0.5, 0.6) is 5.75 Å². The molecule has 3 heterocycles. The third-order valence-corrected chi connectivity index (χ3v) is 5.88. The van der Waals surface area contributed by atoms with Crippen LogP contribution in [0.3, 0.4) is 0 Å². The van der Waals surface area contributed by atoms with Gasteiger partial charge in [-0.15, -0.1) is 0 Å². The second-order valence-corrected chi connectivity index (χ2v) is 7.96. The predicted octanol–water partition coefficient (Wildman–Crippen LogP) is 4.35. The van der Waals surface area contributed by atoms with Gasteiger partial charge in [0.25, 0.3) is 0 Å². The molecular formula is C23H28FN5O. The van der Waals surface area contributed by atoms with Gasteiger partial charge in [-0.05, 0) is 70.0 Å². The van der Waals surface area contributed by atoms with Crippen LogP contribution in [0.1, 0.15) is 48.6 Å². The molecule has 6 nitrogen and oxygen atoms in total. The summed E-state index contributed by atoms with van der Waals surface area (Å²) < 4.78 is 22.3. The Labute approximate surface area is 176 Å². The van der Waals surface area contributed by atoms with Crippen LogP contribution in [0.15, 0.2) is 36.8 Å². The highest BCUT2D eigenvalue weighted by atomic mass is 19.1. The zero-order valence-electron chi connectivity index (χ0n) is 17.7. The van der Waals surface area contributed by atoms with Gasteiger partial charge in [0.1, 0.15) is 11.9 Å². The van der Waals surface area contributed by atoms with Crippen molar-refractivity contribution in [3.63, 3.8) is 0 Å². The topological polar surface area (TPSA) is 78.0 Å². The maximum Gasteiger partial charge on any atom is 0.166 e. The van der Waals surface area contributed by atoms with Crippen LogP contribution < -0.4 is 15.8 Å². The number of hydrogen-bond donors (Lipinski definition) is 2. The molecule has 7 heteroatoms. The molecule has 0 unspecified atom stereocenters. The van der Waals surface area contributed by atoms with E-state index in [1.807, 2.05) is 30.8 Å². The number of nitrogens with zero attached hydrogens (tertiary/aromatic N) is 3. The van der Waals surface area contributed by atoms with Crippen molar-refractivity contribution in [2.75, 3.05) is 18.8 Å². The van der Waals surface area contributed by atoms with Crippen molar-refractivity contribution in [2.24, 2.45) is 0 Å². The standard InChI is InChI=1S/C23H28FN5O/c1-14-4-5-20(24)15(2)22(14)16(3)30-21-10-17(11-27-23(21)25)18-12-28-29(13-18)19-6-8-26-9-7-19/h4-5,10-13,16,19,26H,6-9H2,1-3H3,(H2,25,27)/t16-/m1/s1. The maximum atomic E-state index is 14.1. The molecule has 0 saturated carbocycles. The highest BCUT2D eigenvalue weighted by Crippen LogP contribution is 2.33. The smallest absolute Gasteiger partial charge is 0.166 e. The molecule has 1 fully saturated rings. The Balaban J connectivity index is 1.58. The van der Waals surface area contributed by atoms with E-state index >= 15 is 0 Å². The van der Waals surface area contributed by atoms with Crippen molar-refractivity contribution in [3.8, 4) is 16.9 Å². The number of rotatable bonds is 5. The molecule has 1 aromatic carbocycles. The van der Waals surface area contributed by atoms with Gasteiger partial charge in [-0.25, -0.2) is 9.37 Å². The van der Waals surface area contributed by atoms with Crippen molar-refractivity contribution in [2.45, 2.75) is 45.8 Å². The predicted molar refractivity (Wildman–Crippen MR) is 116 cm³/mol. The SMILES string of the molecule is Cc1ccc(F)c(C)c1[C@@H](C)Oc1cc(-c2cnn(C3CCNCC3)c2)cnc1N. The van der Waals surface area contributed by atoms with Gasteiger partial charge in [-0.2, -0.15) is 5.10 Å². The lowest BCUT2D eigenvalue weighted by atomic mass is 9.98. The molecule has 158 valence electrons. The number of pyridine rings is 1. The minimum atomic E-state index is -0.363. The van der Waals surface area contributed by atoms with Crippen molar-refractivity contribution in [1.29, 1.82) is 0 Å². The number of nitrogens with two attached hydrogens (primary N) is 1. The van der Waals surface area contributed by atoms with Crippen molar-refractivity contribution >= 4 is 5.82 Å². The lowest BCUT2D eigenvalue weighted by Crippen LogP contribution is -2.29. The van der Waals surface area contributed by atoms with E-state index in [2.05, 4.69) is 21.6 Å². The van der Waals surface area contributed by atoms with Gasteiger partial charge in [0, 0.05) is 29.1 Å². The zero-order chi connectivity index (χ0) is 21.3. The van der Waals surface area contributed by atoms with E-state index in [0.29, 0.717) is 23.2 Å². The largest absolute Gasteiger partial charge is 0.482 e. The van der Waals surface area contributed by atoms with Crippen LogP contribution in [0, 0.1) is 19.7 Å². The first-order valence-corrected chi connectivity index (χ1v) is 10.4. The average molecular weight is 410 g/mol. The minimum absolute atomic E-state index is 0.240. The number of anilines is 1. The van der Waals surface area contributed by atoms with Gasteiger partial charge >= 0.3 is 0 Å². The van der Waals surface area contributed by atoms with Crippen LogP contribution in [0.4, 0.5) is 10.2 Å². The summed E-state index contributed by atoms with van der Waals surface area (Å²) in [5.41, 5.74) is 10.3. The Hall–Kier alpha value is -2.93. The first kappa shape index (κ1) is 20.3. The maximum absolute atomic E-state index is 14.1. The van der Waals surface area contributed by atoms with Crippen LogP contribution in [-0.4, -0.2) is 27.9 Å². The zero-order valence-corrected chi connectivity index (χ0v) is 17.7. The number of hydrogen-bond acceptors (Lipinski definition) is 5. The van der Waals surface area contributed by atoms with Crippen molar-refractivity contribution in [3.05, 3.63) is 59.3 Å². The van der Waals surface area contributed by atoms with Crippen LogP contribution in [-0.2, 0) is 0 Å². The summed E-state index contributed by atoms with van der Waals surface area (Å²) in [7, 11) is 0. The number of piperidine rings is 1. The Bertz CT molecular complexity index is 1040. The summed E-state index contributed by atoms with van der Waals surface area (Å²) in [6, 6.07) is 5.55. The summed E-state index contributed by atoms with van der Waals surface area (Å²) in [6.07, 6.45) is 7.41. The Kier molecular flexibility index (Phi) is 5.72. The summed E-state index contributed by atoms with van der Waals surface area (Å²) >= 11 is 0. The van der Waals surface area contributed by atoms with Gasteiger partial charge in [0.2, 0.25) is 0 Å². The molecule has 3 aromatic rings. The Morgan fingerprint density at radius 2 is 1.97 bits per heavy atom. The quantitative estimate of drug-likeness (QED) is 0.655. The van der Waals surface area contributed by atoms with Crippen LogP contribution in [0.25, 0.3) is 11.1 Å². The molecule has 3 N–H and O–H groups in total. The Morgan fingerprint density at radius 3 is 2.73 bits per heavy atom. The molecule has 1 atom stereocenters. The highest BCUT2D eigenvalue weighted by molar-refractivity contribution is 5.66. The van der Waals surface area contributed by atoms with E-state index in [1.165, 1.54) is 6.07 Å².